The number of rotatable bonds is 4. The molecule has 0 amide bonds. The zero-order valence-corrected chi connectivity index (χ0v) is 11.9. The van der Waals surface area contributed by atoms with Crippen molar-refractivity contribution in [1.82, 2.24) is 5.32 Å². The minimum Gasteiger partial charge on any atom is -0.406 e. The third kappa shape index (κ3) is 3.08. The van der Waals surface area contributed by atoms with Crippen molar-refractivity contribution in [2.75, 3.05) is 6.54 Å². The Kier molecular flexibility index (Phi) is 4.00. The largest absolute Gasteiger partial charge is 0.573 e. The topological polar surface area (TPSA) is 21.3 Å². The van der Waals surface area contributed by atoms with E-state index in [1.54, 1.807) is 6.07 Å². The summed E-state index contributed by atoms with van der Waals surface area (Å²) >= 11 is 0. The Morgan fingerprint density at radius 3 is 2.60 bits per heavy atom. The van der Waals surface area contributed by atoms with Crippen LogP contribution in [0, 0.1) is 5.41 Å². The van der Waals surface area contributed by atoms with E-state index >= 15 is 0 Å². The lowest BCUT2D eigenvalue weighted by molar-refractivity contribution is -0.274. The van der Waals surface area contributed by atoms with Gasteiger partial charge in [0.1, 0.15) is 5.75 Å². The zero-order valence-electron chi connectivity index (χ0n) is 11.9. The fourth-order valence-electron chi connectivity index (χ4n) is 3.01. The summed E-state index contributed by atoms with van der Waals surface area (Å²) in [6.07, 6.45) is -3.70. The molecule has 1 aliphatic carbocycles. The molecular weight excluding hydrogens is 267 g/mol. The molecule has 20 heavy (non-hydrogen) atoms. The van der Waals surface area contributed by atoms with Crippen molar-refractivity contribution >= 4 is 0 Å². The second-order valence-corrected chi connectivity index (χ2v) is 5.84. The number of halogens is 3. The summed E-state index contributed by atoms with van der Waals surface area (Å²) in [7, 11) is 0. The van der Waals surface area contributed by atoms with Crippen LogP contribution in [0.1, 0.15) is 38.7 Å². The Labute approximate surface area is 117 Å². The molecule has 0 spiro atoms. The molecule has 2 nitrogen and oxygen atoms in total. The quantitative estimate of drug-likeness (QED) is 0.901. The van der Waals surface area contributed by atoms with Crippen LogP contribution in [0.5, 0.6) is 5.75 Å². The third-order valence-electron chi connectivity index (χ3n) is 4.21. The van der Waals surface area contributed by atoms with E-state index in [0.717, 1.165) is 18.5 Å². The number of alkyl halides is 3. The van der Waals surface area contributed by atoms with Crippen molar-refractivity contribution in [3.05, 3.63) is 29.8 Å². The van der Waals surface area contributed by atoms with Crippen LogP contribution >= 0.6 is 0 Å². The van der Waals surface area contributed by atoms with Crippen LogP contribution in [-0.4, -0.2) is 18.9 Å². The Bertz CT molecular complexity index is 470. The molecule has 0 aliphatic heterocycles. The van der Waals surface area contributed by atoms with E-state index in [1.165, 1.54) is 12.1 Å². The monoisotopic (exact) mass is 287 g/mol. The van der Waals surface area contributed by atoms with Crippen molar-refractivity contribution in [3.8, 4) is 5.75 Å². The fraction of sp³-hybridized carbons (Fsp3) is 0.600. The first kappa shape index (κ1) is 15.2. The maximum Gasteiger partial charge on any atom is 0.573 e. The van der Waals surface area contributed by atoms with Crippen LogP contribution in [-0.2, 0) is 0 Å². The zero-order chi connectivity index (χ0) is 15.0. The molecule has 0 heterocycles. The molecule has 5 heteroatoms. The molecule has 1 N–H and O–H groups in total. The summed E-state index contributed by atoms with van der Waals surface area (Å²) < 4.78 is 40.7. The number of nitrogens with one attached hydrogen (secondary N) is 1. The van der Waals surface area contributed by atoms with Crippen molar-refractivity contribution in [3.63, 3.8) is 0 Å². The standard InChI is InChI=1S/C15H20F3NO/c1-4-19-13-9-12(14(13,2)3)10-6-5-7-11(8-10)20-15(16,17)18/h5-8,12-13,19H,4,9H2,1-3H3. The molecule has 2 atom stereocenters. The van der Waals surface area contributed by atoms with Gasteiger partial charge in [-0.05, 0) is 42.0 Å². The molecule has 0 bridgehead atoms. The first-order chi connectivity index (χ1) is 9.24. The van der Waals surface area contributed by atoms with Gasteiger partial charge in [-0.2, -0.15) is 0 Å². The highest BCUT2D eigenvalue weighted by atomic mass is 19.4. The number of benzene rings is 1. The SMILES string of the molecule is CCNC1CC(c2cccc(OC(F)(F)F)c2)C1(C)C. The maximum atomic E-state index is 12.3. The lowest BCUT2D eigenvalue weighted by atomic mass is 9.56. The summed E-state index contributed by atoms with van der Waals surface area (Å²) in [6.45, 7) is 7.25. The minimum absolute atomic E-state index is 0.0346. The molecule has 1 aromatic rings. The molecule has 1 aromatic carbocycles. The van der Waals surface area contributed by atoms with Crippen LogP contribution in [0.25, 0.3) is 0 Å². The van der Waals surface area contributed by atoms with Crippen molar-refractivity contribution in [2.45, 2.75) is 45.5 Å². The van der Waals surface area contributed by atoms with Crippen molar-refractivity contribution in [2.24, 2.45) is 5.41 Å². The average molecular weight is 287 g/mol. The van der Waals surface area contributed by atoms with Crippen LogP contribution in [0.4, 0.5) is 13.2 Å². The van der Waals surface area contributed by atoms with Gasteiger partial charge in [0.25, 0.3) is 0 Å². The maximum absolute atomic E-state index is 12.3. The van der Waals surface area contributed by atoms with E-state index in [4.69, 9.17) is 0 Å². The molecule has 2 unspecified atom stereocenters. The summed E-state index contributed by atoms with van der Waals surface area (Å²) in [5.41, 5.74) is 0.943. The van der Waals surface area contributed by atoms with Gasteiger partial charge in [0.15, 0.2) is 0 Å². The van der Waals surface area contributed by atoms with Gasteiger partial charge < -0.3 is 10.1 Å². The van der Waals surface area contributed by atoms with Gasteiger partial charge in [-0.1, -0.05) is 32.9 Å². The summed E-state index contributed by atoms with van der Waals surface area (Å²) in [4.78, 5) is 0. The third-order valence-corrected chi connectivity index (χ3v) is 4.21. The first-order valence-electron chi connectivity index (χ1n) is 6.83. The molecule has 0 saturated heterocycles. The van der Waals surface area contributed by atoms with Gasteiger partial charge in [-0.25, -0.2) is 0 Å². The van der Waals surface area contributed by atoms with Crippen molar-refractivity contribution in [1.29, 1.82) is 0 Å². The molecule has 0 aromatic heterocycles. The summed E-state index contributed by atoms with van der Waals surface area (Å²) in [6, 6.07) is 6.74. The van der Waals surface area contributed by atoms with Crippen LogP contribution in [0.2, 0.25) is 0 Å². The smallest absolute Gasteiger partial charge is 0.406 e. The molecule has 112 valence electrons. The van der Waals surface area contributed by atoms with Gasteiger partial charge in [0.05, 0.1) is 0 Å². The Balaban J connectivity index is 2.13. The normalized spacial score (nSPS) is 25.1. The highest BCUT2D eigenvalue weighted by molar-refractivity contribution is 5.34. The Morgan fingerprint density at radius 2 is 2.05 bits per heavy atom. The molecule has 1 saturated carbocycles. The first-order valence-corrected chi connectivity index (χ1v) is 6.83. The predicted octanol–water partition coefficient (Wildman–Crippen LogP) is 4.08. The molecular formula is C15H20F3NO. The molecule has 0 radical (unpaired) electrons. The van der Waals surface area contributed by atoms with E-state index in [-0.39, 0.29) is 17.1 Å². The van der Waals surface area contributed by atoms with Crippen LogP contribution in [0.3, 0.4) is 0 Å². The van der Waals surface area contributed by atoms with Crippen LogP contribution < -0.4 is 10.1 Å². The predicted molar refractivity (Wildman–Crippen MR) is 71.7 cm³/mol. The summed E-state index contributed by atoms with van der Waals surface area (Å²) in [5, 5.41) is 3.41. The lowest BCUT2D eigenvalue weighted by Gasteiger charge is -2.53. The van der Waals surface area contributed by atoms with Crippen LogP contribution in [0.15, 0.2) is 24.3 Å². The van der Waals surface area contributed by atoms with Gasteiger partial charge in [-0.15, -0.1) is 13.2 Å². The van der Waals surface area contributed by atoms with E-state index in [2.05, 4.69) is 30.8 Å². The van der Waals surface area contributed by atoms with Gasteiger partial charge in [0, 0.05) is 6.04 Å². The second kappa shape index (κ2) is 5.28. The number of hydrogen-bond acceptors (Lipinski definition) is 2. The van der Waals surface area contributed by atoms with Gasteiger partial charge >= 0.3 is 6.36 Å². The Morgan fingerprint density at radius 1 is 1.35 bits per heavy atom. The number of ether oxygens (including phenoxy) is 1. The van der Waals surface area contributed by atoms with E-state index in [1.807, 2.05) is 6.07 Å². The second-order valence-electron chi connectivity index (χ2n) is 5.84. The van der Waals surface area contributed by atoms with Gasteiger partial charge in [0.2, 0.25) is 0 Å². The Hall–Kier alpha value is -1.23. The fourth-order valence-corrected chi connectivity index (χ4v) is 3.01. The molecule has 1 fully saturated rings. The minimum atomic E-state index is -4.64. The highest BCUT2D eigenvalue weighted by Crippen LogP contribution is 2.52. The van der Waals surface area contributed by atoms with E-state index in [9.17, 15) is 13.2 Å². The van der Waals surface area contributed by atoms with E-state index in [0.29, 0.717) is 6.04 Å². The van der Waals surface area contributed by atoms with Crippen molar-refractivity contribution < 1.29 is 17.9 Å². The lowest BCUT2D eigenvalue weighted by Crippen LogP contribution is -2.55. The molecule has 1 aliphatic rings. The number of hydrogen-bond donors (Lipinski definition) is 1. The summed E-state index contributed by atoms with van der Waals surface area (Å²) in [5.74, 6) is 0.112. The molecule has 2 rings (SSSR count). The van der Waals surface area contributed by atoms with E-state index < -0.39 is 6.36 Å². The van der Waals surface area contributed by atoms with Gasteiger partial charge in [-0.3, -0.25) is 0 Å². The average Bonchev–Trinajstić information content (AvgIpc) is 2.32. The highest BCUT2D eigenvalue weighted by Gasteiger charge is 2.48.